The Bertz CT molecular complexity index is 632. The largest absolute Gasteiger partial charge is 0.396 e. The quantitative estimate of drug-likeness (QED) is 0.637. The summed E-state index contributed by atoms with van der Waals surface area (Å²) in [6.07, 6.45) is 4.82. The van der Waals surface area contributed by atoms with Gasteiger partial charge in [-0.3, -0.25) is 4.98 Å². The molecule has 24 heavy (non-hydrogen) atoms. The van der Waals surface area contributed by atoms with Crippen LogP contribution in [0.5, 0.6) is 0 Å². The number of aliphatic hydroxyl groups is 1. The van der Waals surface area contributed by atoms with E-state index in [1.54, 1.807) is 6.20 Å². The third-order valence-electron chi connectivity index (χ3n) is 3.81. The number of ether oxygens (including phenoxy) is 1. The SMILES string of the molecule is OCCCNc1nc(NC[C@@H]2CCCO2)cc(-c2ccccn2)n1. The highest BCUT2D eigenvalue weighted by Crippen LogP contribution is 2.20. The van der Waals surface area contributed by atoms with E-state index in [4.69, 9.17) is 9.84 Å². The topological polar surface area (TPSA) is 92.2 Å². The molecule has 0 spiro atoms. The second kappa shape index (κ2) is 8.56. The lowest BCUT2D eigenvalue weighted by Crippen LogP contribution is -2.19. The molecule has 2 aromatic heterocycles. The van der Waals surface area contributed by atoms with Crippen molar-refractivity contribution in [3.05, 3.63) is 30.5 Å². The minimum Gasteiger partial charge on any atom is -0.396 e. The molecular formula is C17H23N5O2. The molecule has 1 aliphatic heterocycles. The molecule has 0 bridgehead atoms. The smallest absolute Gasteiger partial charge is 0.225 e. The number of anilines is 2. The predicted molar refractivity (Wildman–Crippen MR) is 92.9 cm³/mol. The highest BCUT2D eigenvalue weighted by Gasteiger charge is 2.16. The van der Waals surface area contributed by atoms with Crippen LogP contribution in [-0.2, 0) is 4.74 Å². The van der Waals surface area contributed by atoms with E-state index in [9.17, 15) is 0 Å². The summed E-state index contributed by atoms with van der Waals surface area (Å²) in [5, 5.41) is 15.4. The van der Waals surface area contributed by atoms with Crippen molar-refractivity contribution in [2.24, 2.45) is 0 Å². The zero-order valence-electron chi connectivity index (χ0n) is 13.6. The van der Waals surface area contributed by atoms with Crippen molar-refractivity contribution in [3.8, 4) is 11.4 Å². The summed E-state index contributed by atoms with van der Waals surface area (Å²) in [6.45, 7) is 2.32. The van der Waals surface area contributed by atoms with Crippen LogP contribution in [0.25, 0.3) is 11.4 Å². The molecule has 0 unspecified atom stereocenters. The maximum Gasteiger partial charge on any atom is 0.225 e. The second-order valence-corrected chi connectivity index (χ2v) is 5.70. The average molecular weight is 329 g/mol. The zero-order valence-corrected chi connectivity index (χ0v) is 13.6. The van der Waals surface area contributed by atoms with Crippen LogP contribution in [0.15, 0.2) is 30.5 Å². The molecule has 1 atom stereocenters. The zero-order chi connectivity index (χ0) is 16.6. The van der Waals surface area contributed by atoms with Gasteiger partial charge in [0.05, 0.1) is 17.5 Å². The molecule has 1 aliphatic rings. The molecule has 3 N–H and O–H groups in total. The van der Waals surface area contributed by atoms with Crippen LogP contribution in [0, 0.1) is 0 Å². The van der Waals surface area contributed by atoms with Crippen LogP contribution in [0.4, 0.5) is 11.8 Å². The number of aromatic nitrogens is 3. The molecule has 0 saturated carbocycles. The fourth-order valence-electron chi connectivity index (χ4n) is 2.57. The van der Waals surface area contributed by atoms with Crippen molar-refractivity contribution >= 4 is 11.8 Å². The molecule has 0 radical (unpaired) electrons. The van der Waals surface area contributed by atoms with Gasteiger partial charge >= 0.3 is 0 Å². The standard InChI is InChI=1S/C17H23N5O2/c23-9-4-8-19-17-21-15(14-6-1-2-7-18-14)11-16(22-17)20-12-13-5-3-10-24-13/h1-2,6-7,11,13,23H,3-5,8-10,12H2,(H2,19,20,21,22)/t13-/m0/s1. The fourth-order valence-corrected chi connectivity index (χ4v) is 2.57. The first kappa shape index (κ1) is 16.6. The van der Waals surface area contributed by atoms with Gasteiger partial charge in [-0.1, -0.05) is 6.07 Å². The van der Waals surface area contributed by atoms with Gasteiger partial charge in [-0.05, 0) is 31.4 Å². The molecule has 0 aromatic carbocycles. The minimum atomic E-state index is 0.136. The third kappa shape index (κ3) is 4.62. The van der Waals surface area contributed by atoms with E-state index in [0.717, 1.165) is 43.2 Å². The molecule has 0 aliphatic carbocycles. The molecule has 1 saturated heterocycles. The summed E-state index contributed by atoms with van der Waals surface area (Å²) in [5.41, 5.74) is 1.55. The van der Waals surface area contributed by atoms with Crippen LogP contribution in [0.1, 0.15) is 19.3 Å². The van der Waals surface area contributed by atoms with Crippen molar-refractivity contribution in [3.63, 3.8) is 0 Å². The van der Waals surface area contributed by atoms with E-state index in [1.165, 1.54) is 0 Å². The van der Waals surface area contributed by atoms with Crippen LogP contribution in [-0.4, -0.2) is 52.5 Å². The van der Waals surface area contributed by atoms with E-state index >= 15 is 0 Å². The Labute approximate surface area is 141 Å². The van der Waals surface area contributed by atoms with Gasteiger partial charge in [0.2, 0.25) is 5.95 Å². The van der Waals surface area contributed by atoms with Crippen LogP contribution in [0.2, 0.25) is 0 Å². The van der Waals surface area contributed by atoms with E-state index in [0.29, 0.717) is 18.9 Å². The molecule has 7 nitrogen and oxygen atoms in total. The van der Waals surface area contributed by atoms with Crippen molar-refractivity contribution < 1.29 is 9.84 Å². The molecule has 0 amide bonds. The van der Waals surface area contributed by atoms with E-state index < -0.39 is 0 Å². The number of pyridine rings is 1. The summed E-state index contributed by atoms with van der Waals surface area (Å²) in [5.74, 6) is 1.27. The predicted octanol–water partition coefficient (Wildman–Crippen LogP) is 1.92. The Morgan fingerprint density at radius 3 is 2.92 bits per heavy atom. The van der Waals surface area contributed by atoms with E-state index in [-0.39, 0.29) is 12.7 Å². The summed E-state index contributed by atoms with van der Waals surface area (Å²) in [4.78, 5) is 13.4. The summed E-state index contributed by atoms with van der Waals surface area (Å²) in [6, 6.07) is 7.63. The van der Waals surface area contributed by atoms with Gasteiger partial charge in [-0.15, -0.1) is 0 Å². The van der Waals surface area contributed by atoms with Gasteiger partial charge in [0.15, 0.2) is 0 Å². The molecular weight excluding hydrogens is 306 g/mol. The molecule has 3 heterocycles. The Morgan fingerprint density at radius 2 is 2.17 bits per heavy atom. The lowest BCUT2D eigenvalue weighted by atomic mass is 10.2. The molecule has 128 valence electrons. The number of nitrogens with zero attached hydrogens (tertiary/aromatic N) is 3. The lowest BCUT2D eigenvalue weighted by Gasteiger charge is -2.13. The van der Waals surface area contributed by atoms with Crippen LogP contribution < -0.4 is 10.6 Å². The number of nitrogens with one attached hydrogen (secondary N) is 2. The van der Waals surface area contributed by atoms with Gasteiger partial charge in [-0.2, -0.15) is 4.98 Å². The first-order valence-corrected chi connectivity index (χ1v) is 8.36. The fraction of sp³-hybridized carbons (Fsp3) is 0.471. The number of hydrogen-bond acceptors (Lipinski definition) is 7. The van der Waals surface area contributed by atoms with Gasteiger partial charge in [-0.25, -0.2) is 4.98 Å². The number of aliphatic hydroxyl groups excluding tert-OH is 1. The normalized spacial score (nSPS) is 17.0. The Kier molecular flexibility index (Phi) is 5.92. The maximum atomic E-state index is 8.92. The van der Waals surface area contributed by atoms with Crippen molar-refractivity contribution in [1.82, 2.24) is 15.0 Å². The minimum absolute atomic E-state index is 0.136. The average Bonchev–Trinajstić information content (AvgIpc) is 3.14. The van der Waals surface area contributed by atoms with Gasteiger partial charge < -0.3 is 20.5 Å². The summed E-state index contributed by atoms with van der Waals surface area (Å²) < 4.78 is 5.64. The Balaban J connectivity index is 1.76. The van der Waals surface area contributed by atoms with Gasteiger partial charge in [0.25, 0.3) is 0 Å². The number of hydrogen-bond donors (Lipinski definition) is 3. The summed E-state index contributed by atoms with van der Waals surface area (Å²) >= 11 is 0. The number of rotatable bonds is 8. The van der Waals surface area contributed by atoms with Crippen LogP contribution in [0.3, 0.4) is 0 Å². The van der Waals surface area contributed by atoms with Gasteiger partial charge in [0.1, 0.15) is 5.82 Å². The Morgan fingerprint density at radius 1 is 1.21 bits per heavy atom. The molecule has 3 rings (SSSR count). The van der Waals surface area contributed by atoms with E-state index in [1.807, 2.05) is 24.3 Å². The highest BCUT2D eigenvalue weighted by atomic mass is 16.5. The highest BCUT2D eigenvalue weighted by molar-refractivity contribution is 5.60. The van der Waals surface area contributed by atoms with Crippen LogP contribution >= 0.6 is 0 Å². The Hall–Kier alpha value is -2.25. The third-order valence-corrected chi connectivity index (χ3v) is 3.81. The molecule has 1 fully saturated rings. The monoisotopic (exact) mass is 329 g/mol. The van der Waals surface area contributed by atoms with Crippen molar-refractivity contribution in [1.29, 1.82) is 0 Å². The van der Waals surface area contributed by atoms with E-state index in [2.05, 4.69) is 25.6 Å². The van der Waals surface area contributed by atoms with Crippen molar-refractivity contribution in [2.75, 3.05) is 36.9 Å². The second-order valence-electron chi connectivity index (χ2n) is 5.70. The maximum absolute atomic E-state index is 8.92. The first-order chi connectivity index (χ1) is 11.8. The molecule has 7 heteroatoms. The van der Waals surface area contributed by atoms with Gasteiger partial charge in [0, 0.05) is 38.6 Å². The first-order valence-electron chi connectivity index (χ1n) is 8.36. The summed E-state index contributed by atoms with van der Waals surface area (Å²) in [7, 11) is 0. The van der Waals surface area contributed by atoms with Crippen molar-refractivity contribution in [2.45, 2.75) is 25.4 Å². The molecule has 2 aromatic rings. The lowest BCUT2D eigenvalue weighted by molar-refractivity contribution is 0.120.